The molecule has 0 saturated heterocycles. The van der Waals surface area contributed by atoms with Gasteiger partial charge in [0.1, 0.15) is 0 Å². The van der Waals surface area contributed by atoms with Crippen molar-refractivity contribution in [1.29, 1.82) is 0 Å². The summed E-state index contributed by atoms with van der Waals surface area (Å²) in [5, 5.41) is 0.973. The third-order valence-electron chi connectivity index (χ3n) is 2.30. The van der Waals surface area contributed by atoms with Crippen LogP contribution in [-0.4, -0.2) is 29.7 Å². The molecule has 0 aliphatic carbocycles. The van der Waals surface area contributed by atoms with E-state index in [1.165, 1.54) is 19.3 Å². The van der Waals surface area contributed by atoms with Gasteiger partial charge < -0.3 is 4.90 Å². The normalized spacial score (nSPS) is 10.2. The number of alkyl halides is 1. The van der Waals surface area contributed by atoms with Gasteiger partial charge in [0.15, 0.2) is 0 Å². The molecule has 0 spiro atoms. The molecule has 0 bridgehead atoms. The lowest BCUT2D eigenvalue weighted by Crippen LogP contribution is -2.27. The highest BCUT2D eigenvalue weighted by Gasteiger charge is 2.06. The van der Waals surface area contributed by atoms with E-state index in [1.54, 1.807) is 0 Å². The van der Waals surface area contributed by atoms with Gasteiger partial charge in [0, 0.05) is 25.3 Å². The summed E-state index contributed by atoms with van der Waals surface area (Å²) in [6.45, 7) is 3.06. The molecule has 0 radical (unpaired) electrons. The van der Waals surface area contributed by atoms with Gasteiger partial charge in [-0.15, -0.1) is 0 Å². The molecule has 3 heteroatoms. The van der Waals surface area contributed by atoms with Crippen molar-refractivity contribution in [3.63, 3.8) is 0 Å². The van der Waals surface area contributed by atoms with Gasteiger partial charge in [-0.25, -0.2) is 0 Å². The van der Waals surface area contributed by atoms with Gasteiger partial charge in [-0.3, -0.25) is 4.79 Å². The first-order valence-corrected chi connectivity index (χ1v) is 6.64. The Hall–Kier alpha value is -0.0500. The molecule has 0 aromatic rings. The van der Waals surface area contributed by atoms with E-state index in [1.807, 2.05) is 11.9 Å². The van der Waals surface area contributed by atoms with Gasteiger partial charge in [-0.2, -0.15) is 0 Å². The van der Waals surface area contributed by atoms with Crippen LogP contribution in [0.1, 0.15) is 45.4 Å². The number of hydrogen-bond donors (Lipinski definition) is 0. The molecule has 0 aliphatic rings. The summed E-state index contributed by atoms with van der Waals surface area (Å²) in [6.07, 6.45) is 6.47. The first-order valence-electron chi connectivity index (χ1n) is 5.52. The number of carbonyl (C=O) groups is 1. The Kier molecular flexibility index (Phi) is 9.47. The molecule has 1 amide bonds. The Balaban J connectivity index is 3.42. The second-order valence-corrected chi connectivity index (χ2v) is 4.46. The highest BCUT2D eigenvalue weighted by molar-refractivity contribution is 9.09. The number of unbranched alkanes of at least 4 members (excludes halogenated alkanes) is 3. The summed E-state index contributed by atoms with van der Waals surface area (Å²) in [6, 6.07) is 0. The van der Waals surface area contributed by atoms with Crippen molar-refractivity contribution in [1.82, 2.24) is 4.90 Å². The molecule has 0 aromatic carbocycles. The quantitative estimate of drug-likeness (QED) is 0.487. The van der Waals surface area contributed by atoms with Crippen LogP contribution in [0.15, 0.2) is 0 Å². The molecule has 0 N–H and O–H groups in total. The molecule has 0 rings (SSSR count). The molecular formula is C11H22BrNO. The molecule has 0 aromatic heterocycles. The van der Waals surface area contributed by atoms with E-state index in [-0.39, 0.29) is 0 Å². The van der Waals surface area contributed by atoms with Crippen LogP contribution < -0.4 is 0 Å². The maximum atomic E-state index is 11.5. The van der Waals surface area contributed by atoms with E-state index in [0.29, 0.717) is 5.91 Å². The van der Waals surface area contributed by atoms with Crippen molar-refractivity contribution < 1.29 is 4.79 Å². The third kappa shape index (κ3) is 7.36. The molecule has 0 unspecified atom stereocenters. The predicted molar refractivity (Wildman–Crippen MR) is 64.8 cm³/mol. The SMILES string of the molecule is CCCCCCC(=O)N(C)CCCBr. The molecule has 0 saturated carbocycles. The molecule has 0 aliphatic heterocycles. The minimum absolute atomic E-state index is 0.294. The lowest BCUT2D eigenvalue weighted by Gasteiger charge is -2.16. The Labute approximate surface area is 96.2 Å². The van der Waals surface area contributed by atoms with Crippen LogP contribution >= 0.6 is 15.9 Å². The molecule has 2 nitrogen and oxygen atoms in total. The second-order valence-electron chi connectivity index (χ2n) is 3.67. The van der Waals surface area contributed by atoms with Crippen molar-refractivity contribution in [2.45, 2.75) is 45.4 Å². The van der Waals surface area contributed by atoms with Crippen LogP contribution in [0.2, 0.25) is 0 Å². The van der Waals surface area contributed by atoms with Crippen LogP contribution in [0.3, 0.4) is 0 Å². The maximum absolute atomic E-state index is 11.5. The van der Waals surface area contributed by atoms with E-state index in [0.717, 1.165) is 31.1 Å². The average molecular weight is 264 g/mol. The molecule has 0 atom stereocenters. The molecule has 0 heterocycles. The topological polar surface area (TPSA) is 20.3 Å². The summed E-state index contributed by atoms with van der Waals surface area (Å²) in [5.74, 6) is 0.294. The Morgan fingerprint density at radius 2 is 1.93 bits per heavy atom. The van der Waals surface area contributed by atoms with Crippen molar-refractivity contribution in [2.75, 3.05) is 18.9 Å². The lowest BCUT2D eigenvalue weighted by molar-refractivity contribution is -0.130. The Bertz CT molecular complexity index is 150. The summed E-state index contributed by atoms with van der Waals surface area (Å²) < 4.78 is 0. The lowest BCUT2D eigenvalue weighted by atomic mass is 10.1. The standard InChI is InChI=1S/C11H22BrNO/c1-3-4-5-6-8-11(14)13(2)10-7-9-12/h3-10H2,1-2H3. The van der Waals surface area contributed by atoms with E-state index in [9.17, 15) is 4.79 Å². The number of rotatable bonds is 8. The second kappa shape index (κ2) is 9.50. The minimum Gasteiger partial charge on any atom is -0.346 e. The number of carbonyl (C=O) groups excluding carboxylic acids is 1. The predicted octanol–water partition coefficient (Wildman–Crippen LogP) is 3.20. The first-order chi connectivity index (χ1) is 6.72. The third-order valence-corrected chi connectivity index (χ3v) is 2.86. The van der Waals surface area contributed by atoms with Gasteiger partial charge in [-0.05, 0) is 12.8 Å². The van der Waals surface area contributed by atoms with Crippen LogP contribution in [0.5, 0.6) is 0 Å². The van der Waals surface area contributed by atoms with Gasteiger partial charge in [0.25, 0.3) is 0 Å². The van der Waals surface area contributed by atoms with Crippen LogP contribution in [0, 0.1) is 0 Å². The van der Waals surface area contributed by atoms with Crippen LogP contribution in [0.25, 0.3) is 0 Å². The number of halogens is 1. The minimum atomic E-state index is 0.294. The zero-order chi connectivity index (χ0) is 10.8. The summed E-state index contributed by atoms with van der Waals surface area (Å²) in [4.78, 5) is 13.4. The maximum Gasteiger partial charge on any atom is 0.222 e. The smallest absolute Gasteiger partial charge is 0.222 e. The van der Waals surface area contributed by atoms with Crippen molar-refractivity contribution in [2.24, 2.45) is 0 Å². The summed E-state index contributed by atoms with van der Waals surface area (Å²) >= 11 is 3.36. The van der Waals surface area contributed by atoms with Gasteiger partial charge >= 0.3 is 0 Å². The molecule has 14 heavy (non-hydrogen) atoms. The molecular weight excluding hydrogens is 242 g/mol. The first kappa shape index (κ1) is 13.9. The van der Waals surface area contributed by atoms with E-state index in [2.05, 4.69) is 22.9 Å². The average Bonchev–Trinajstić information content (AvgIpc) is 2.20. The van der Waals surface area contributed by atoms with Crippen LogP contribution in [-0.2, 0) is 4.79 Å². The summed E-state index contributed by atoms with van der Waals surface area (Å²) in [5.41, 5.74) is 0. The highest BCUT2D eigenvalue weighted by atomic mass is 79.9. The fourth-order valence-corrected chi connectivity index (χ4v) is 1.57. The van der Waals surface area contributed by atoms with Crippen molar-refractivity contribution >= 4 is 21.8 Å². The fourth-order valence-electron chi connectivity index (χ4n) is 1.32. The Morgan fingerprint density at radius 1 is 1.21 bits per heavy atom. The number of amides is 1. The zero-order valence-corrected chi connectivity index (χ0v) is 11.0. The van der Waals surface area contributed by atoms with Gasteiger partial charge in [-0.1, -0.05) is 42.1 Å². The highest BCUT2D eigenvalue weighted by Crippen LogP contribution is 2.04. The number of hydrogen-bond acceptors (Lipinski definition) is 1. The zero-order valence-electron chi connectivity index (χ0n) is 9.39. The van der Waals surface area contributed by atoms with Crippen molar-refractivity contribution in [3.05, 3.63) is 0 Å². The van der Waals surface area contributed by atoms with Crippen molar-refractivity contribution in [3.8, 4) is 0 Å². The summed E-state index contributed by atoms with van der Waals surface area (Å²) in [7, 11) is 1.89. The Morgan fingerprint density at radius 3 is 2.50 bits per heavy atom. The van der Waals surface area contributed by atoms with Gasteiger partial charge in [0.2, 0.25) is 5.91 Å². The molecule has 0 fully saturated rings. The van der Waals surface area contributed by atoms with Crippen LogP contribution in [0.4, 0.5) is 0 Å². The van der Waals surface area contributed by atoms with E-state index >= 15 is 0 Å². The fraction of sp³-hybridized carbons (Fsp3) is 0.909. The van der Waals surface area contributed by atoms with E-state index in [4.69, 9.17) is 0 Å². The largest absolute Gasteiger partial charge is 0.346 e. The van der Waals surface area contributed by atoms with E-state index < -0.39 is 0 Å². The molecule has 84 valence electrons. The number of nitrogens with zero attached hydrogens (tertiary/aromatic N) is 1. The van der Waals surface area contributed by atoms with Gasteiger partial charge in [0.05, 0.1) is 0 Å². The monoisotopic (exact) mass is 263 g/mol.